The van der Waals surface area contributed by atoms with Gasteiger partial charge in [-0.25, -0.2) is 23.1 Å². The first-order valence-corrected chi connectivity index (χ1v) is 13.0. The molecule has 0 aliphatic carbocycles. The molecule has 1 aliphatic rings. The van der Waals surface area contributed by atoms with Crippen molar-refractivity contribution in [3.63, 3.8) is 0 Å². The van der Waals surface area contributed by atoms with Crippen LogP contribution < -0.4 is 4.74 Å². The van der Waals surface area contributed by atoms with E-state index >= 15 is 0 Å². The van der Waals surface area contributed by atoms with Crippen LogP contribution in [0.4, 0.5) is 0 Å². The minimum Gasteiger partial charge on any atom is -0.493 e. The zero-order valence-corrected chi connectivity index (χ0v) is 19.3. The number of carbonyl (C=O) groups excluding carboxylic acids is 1. The van der Waals surface area contributed by atoms with Gasteiger partial charge in [0.15, 0.2) is 16.6 Å². The summed E-state index contributed by atoms with van der Waals surface area (Å²) in [5, 5.41) is 5.09. The zero-order valence-electron chi connectivity index (χ0n) is 17.7. The summed E-state index contributed by atoms with van der Waals surface area (Å²) >= 11 is 1.57. The Balaban J connectivity index is 1.67. The first kappa shape index (κ1) is 21.6. The molecule has 0 fully saturated rings. The topological polar surface area (TPSA) is 104 Å². The number of rotatable bonds is 7. The molecule has 0 N–H and O–H groups in total. The van der Waals surface area contributed by atoms with Crippen LogP contribution in [0, 0.1) is 0 Å². The summed E-state index contributed by atoms with van der Waals surface area (Å²) < 4.78 is 30.4. The molecule has 2 aromatic heterocycles. The van der Waals surface area contributed by atoms with Crippen molar-refractivity contribution in [2.24, 2.45) is 0 Å². The highest BCUT2D eigenvalue weighted by Gasteiger charge is 2.24. The van der Waals surface area contributed by atoms with E-state index in [2.05, 4.69) is 10.1 Å². The minimum absolute atomic E-state index is 0.00290. The SMILES string of the molecule is CC(C)n1ncnc1-c1nc2c(s1)CCOc1ccc(C(=O)CCCS(C)(=O)=O)cc1-2. The molecule has 0 amide bonds. The second-order valence-electron chi connectivity index (χ2n) is 7.88. The van der Waals surface area contributed by atoms with E-state index in [1.54, 1.807) is 29.5 Å². The van der Waals surface area contributed by atoms with E-state index in [1.165, 1.54) is 12.6 Å². The minimum atomic E-state index is -3.08. The molecule has 0 saturated heterocycles. The van der Waals surface area contributed by atoms with E-state index in [4.69, 9.17) is 9.72 Å². The molecule has 1 aliphatic heterocycles. The molecule has 8 nitrogen and oxygen atoms in total. The number of benzene rings is 1. The van der Waals surface area contributed by atoms with Gasteiger partial charge in [-0.05, 0) is 38.5 Å². The summed E-state index contributed by atoms with van der Waals surface area (Å²) in [6.07, 6.45) is 3.92. The van der Waals surface area contributed by atoms with Crippen LogP contribution >= 0.6 is 11.3 Å². The number of hydrogen-bond donors (Lipinski definition) is 0. The van der Waals surface area contributed by atoms with Gasteiger partial charge < -0.3 is 4.74 Å². The van der Waals surface area contributed by atoms with Gasteiger partial charge >= 0.3 is 0 Å². The highest BCUT2D eigenvalue weighted by molar-refractivity contribution is 7.90. The number of ether oxygens (including phenoxy) is 1. The molecular weight excluding hydrogens is 436 g/mol. The average Bonchev–Trinajstić information content (AvgIpc) is 3.31. The molecule has 3 heterocycles. The van der Waals surface area contributed by atoms with E-state index in [1.807, 2.05) is 18.5 Å². The molecule has 0 spiro atoms. The van der Waals surface area contributed by atoms with Crippen molar-refractivity contribution >= 4 is 27.0 Å². The zero-order chi connectivity index (χ0) is 22.2. The Morgan fingerprint density at radius 3 is 2.87 bits per heavy atom. The third kappa shape index (κ3) is 4.69. The average molecular weight is 461 g/mol. The molecule has 164 valence electrons. The molecule has 10 heteroatoms. The van der Waals surface area contributed by atoms with Gasteiger partial charge in [0, 0.05) is 41.1 Å². The molecule has 31 heavy (non-hydrogen) atoms. The van der Waals surface area contributed by atoms with Crippen molar-refractivity contribution in [3.8, 4) is 27.8 Å². The quantitative estimate of drug-likeness (QED) is 0.496. The van der Waals surface area contributed by atoms with Crippen molar-refractivity contribution < 1.29 is 17.9 Å². The van der Waals surface area contributed by atoms with E-state index in [0.717, 1.165) is 33.4 Å². The van der Waals surface area contributed by atoms with Crippen LogP contribution in [-0.2, 0) is 16.3 Å². The molecule has 0 atom stereocenters. The van der Waals surface area contributed by atoms with Gasteiger partial charge in [-0.3, -0.25) is 4.79 Å². The number of carbonyl (C=O) groups is 1. The predicted molar refractivity (Wildman–Crippen MR) is 119 cm³/mol. The summed E-state index contributed by atoms with van der Waals surface area (Å²) in [6, 6.07) is 5.49. The maximum Gasteiger partial charge on any atom is 0.187 e. The maximum absolute atomic E-state index is 12.7. The van der Waals surface area contributed by atoms with Crippen molar-refractivity contribution in [2.45, 2.75) is 39.2 Å². The lowest BCUT2D eigenvalue weighted by atomic mass is 10.0. The summed E-state index contributed by atoms with van der Waals surface area (Å²) in [4.78, 5) is 23.0. The lowest BCUT2D eigenvalue weighted by Gasteiger charge is -2.09. The highest BCUT2D eigenvalue weighted by Crippen LogP contribution is 2.40. The monoisotopic (exact) mass is 460 g/mol. The van der Waals surface area contributed by atoms with Crippen LogP contribution in [0.2, 0.25) is 0 Å². The Kier molecular flexibility index (Phi) is 5.94. The highest BCUT2D eigenvalue weighted by atomic mass is 32.2. The van der Waals surface area contributed by atoms with Gasteiger partial charge in [0.1, 0.15) is 21.9 Å². The second-order valence-corrected chi connectivity index (χ2v) is 11.2. The van der Waals surface area contributed by atoms with Gasteiger partial charge in [0.2, 0.25) is 0 Å². The standard InChI is InChI=1S/C21H24N4O4S2/c1-13(2)25-20(22-12-23-25)21-24-19-15-11-14(16(26)5-4-10-31(3,27)28)6-7-17(15)29-9-8-18(19)30-21/h6-7,11-13H,4-5,8-10H2,1-3H3. The van der Waals surface area contributed by atoms with Gasteiger partial charge in [0.25, 0.3) is 0 Å². The van der Waals surface area contributed by atoms with Crippen LogP contribution in [0.5, 0.6) is 5.75 Å². The molecular formula is C21H24N4O4S2. The summed E-state index contributed by atoms with van der Waals surface area (Å²) in [6.45, 7) is 4.61. The molecule has 4 rings (SSSR count). The van der Waals surface area contributed by atoms with E-state index in [-0.39, 0.29) is 24.0 Å². The Bertz CT molecular complexity index is 1230. The third-order valence-corrected chi connectivity index (χ3v) is 7.15. The Morgan fingerprint density at radius 2 is 2.13 bits per heavy atom. The van der Waals surface area contributed by atoms with Gasteiger partial charge in [-0.1, -0.05) is 0 Å². The fraction of sp³-hybridized carbons (Fsp3) is 0.429. The van der Waals surface area contributed by atoms with Gasteiger partial charge in [-0.15, -0.1) is 11.3 Å². The normalized spacial score (nSPS) is 13.4. The lowest BCUT2D eigenvalue weighted by molar-refractivity contribution is 0.0982. The van der Waals surface area contributed by atoms with Crippen LogP contribution in [0.3, 0.4) is 0 Å². The number of aromatic nitrogens is 4. The number of nitrogens with zero attached hydrogens (tertiary/aromatic N) is 4. The van der Waals surface area contributed by atoms with Crippen molar-refractivity contribution in [1.29, 1.82) is 0 Å². The molecule has 3 aromatic rings. The number of thiazole rings is 1. The van der Waals surface area contributed by atoms with E-state index in [0.29, 0.717) is 24.3 Å². The van der Waals surface area contributed by atoms with Crippen LogP contribution in [0.25, 0.3) is 22.1 Å². The predicted octanol–water partition coefficient (Wildman–Crippen LogP) is 3.59. The molecule has 0 saturated carbocycles. The molecule has 1 aromatic carbocycles. The maximum atomic E-state index is 12.7. The Hall–Kier alpha value is -2.59. The lowest BCUT2D eigenvalue weighted by Crippen LogP contribution is -2.07. The van der Waals surface area contributed by atoms with Crippen LogP contribution in [0.15, 0.2) is 24.5 Å². The number of ketones is 1. The number of hydrogen-bond acceptors (Lipinski definition) is 8. The van der Waals surface area contributed by atoms with Gasteiger partial charge in [0.05, 0.1) is 18.1 Å². The summed E-state index contributed by atoms with van der Waals surface area (Å²) in [5.74, 6) is 1.33. The number of fused-ring (bicyclic) bond motifs is 3. The Labute approximate surface area is 185 Å². The fourth-order valence-corrected chi connectivity index (χ4v) is 5.23. The second kappa shape index (κ2) is 8.51. The first-order chi connectivity index (χ1) is 14.7. The number of Topliss-reactive ketones (excluding diaryl/α,β-unsaturated/α-hetero) is 1. The fourth-order valence-electron chi connectivity index (χ4n) is 3.52. The first-order valence-electron chi connectivity index (χ1n) is 10.1. The third-order valence-electron chi connectivity index (χ3n) is 5.01. The van der Waals surface area contributed by atoms with Crippen molar-refractivity contribution in [1.82, 2.24) is 19.7 Å². The van der Waals surface area contributed by atoms with Crippen molar-refractivity contribution in [3.05, 3.63) is 35.0 Å². The molecule has 0 unspecified atom stereocenters. The summed E-state index contributed by atoms with van der Waals surface area (Å²) in [7, 11) is -3.08. The number of sulfone groups is 1. The smallest absolute Gasteiger partial charge is 0.187 e. The van der Waals surface area contributed by atoms with Crippen LogP contribution in [-0.4, -0.2) is 52.6 Å². The van der Waals surface area contributed by atoms with E-state index in [9.17, 15) is 13.2 Å². The van der Waals surface area contributed by atoms with Crippen molar-refractivity contribution in [2.75, 3.05) is 18.6 Å². The Morgan fingerprint density at radius 1 is 1.32 bits per heavy atom. The van der Waals surface area contributed by atoms with E-state index < -0.39 is 9.84 Å². The molecule has 0 bridgehead atoms. The summed E-state index contributed by atoms with van der Waals surface area (Å²) in [5.41, 5.74) is 2.11. The van der Waals surface area contributed by atoms with Gasteiger partial charge in [-0.2, -0.15) is 5.10 Å². The molecule has 0 radical (unpaired) electrons. The largest absolute Gasteiger partial charge is 0.493 e. The van der Waals surface area contributed by atoms with Crippen LogP contribution in [0.1, 0.15) is 48.0 Å².